The normalized spacial score (nSPS) is 13.1. The largest absolute Gasteiger partial charge is 0.477 e. The molecule has 5 rings (SSSR count). The number of nitrogens with zero attached hydrogens (tertiary/aromatic N) is 3. The third kappa shape index (κ3) is 3.29. The molecule has 6 heteroatoms. The molecule has 0 amide bonds. The van der Waals surface area contributed by atoms with Crippen LogP contribution in [0, 0.1) is 6.92 Å². The molecule has 2 aromatic carbocycles. The van der Waals surface area contributed by atoms with Gasteiger partial charge in [-0.05, 0) is 43.0 Å². The van der Waals surface area contributed by atoms with E-state index < -0.39 is 0 Å². The molecule has 0 radical (unpaired) electrons. The lowest BCUT2D eigenvalue weighted by atomic mass is 10.1. The summed E-state index contributed by atoms with van der Waals surface area (Å²) < 4.78 is 8.01. The van der Waals surface area contributed by atoms with Crippen LogP contribution in [0.4, 0.5) is 5.82 Å². The SMILES string of the molecule is Cc1cc2c(CN)cccc2n1-c1nc(NCc2ccccc2)c2c(n1)OCCC2. The van der Waals surface area contributed by atoms with Crippen LogP contribution in [-0.4, -0.2) is 21.1 Å². The number of ether oxygens (including phenoxy) is 1. The molecule has 0 saturated carbocycles. The highest BCUT2D eigenvalue weighted by Gasteiger charge is 2.21. The van der Waals surface area contributed by atoms with Crippen LogP contribution in [0.2, 0.25) is 0 Å². The summed E-state index contributed by atoms with van der Waals surface area (Å²) in [6, 6.07) is 18.7. The number of nitrogens with one attached hydrogen (secondary N) is 1. The third-order valence-corrected chi connectivity index (χ3v) is 5.61. The van der Waals surface area contributed by atoms with Crippen LogP contribution in [0.25, 0.3) is 16.9 Å². The van der Waals surface area contributed by atoms with Crippen molar-refractivity contribution >= 4 is 16.7 Å². The first-order valence-corrected chi connectivity index (χ1v) is 10.4. The minimum absolute atomic E-state index is 0.499. The molecule has 3 N–H and O–H groups in total. The van der Waals surface area contributed by atoms with E-state index in [0.717, 1.165) is 46.4 Å². The summed E-state index contributed by atoms with van der Waals surface area (Å²) in [6.45, 7) is 3.95. The summed E-state index contributed by atoms with van der Waals surface area (Å²) in [5.74, 6) is 2.14. The van der Waals surface area contributed by atoms with Crippen LogP contribution in [0.5, 0.6) is 5.88 Å². The highest BCUT2D eigenvalue weighted by atomic mass is 16.5. The van der Waals surface area contributed by atoms with Crippen LogP contribution in [0.15, 0.2) is 54.6 Å². The maximum Gasteiger partial charge on any atom is 0.239 e. The Morgan fingerprint density at radius 2 is 1.97 bits per heavy atom. The van der Waals surface area contributed by atoms with Crippen molar-refractivity contribution in [2.24, 2.45) is 5.73 Å². The van der Waals surface area contributed by atoms with Gasteiger partial charge < -0.3 is 15.8 Å². The quantitative estimate of drug-likeness (QED) is 0.528. The van der Waals surface area contributed by atoms with Crippen LogP contribution in [0.3, 0.4) is 0 Å². The van der Waals surface area contributed by atoms with E-state index in [0.29, 0.717) is 31.5 Å². The van der Waals surface area contributed by atoms with E-state index in [2.05, 4.69) is 47.1 Å². The first-order valence-electron chi connectivity index (χ1n) is 10.4. The van der Waals surface area contributed by atoms with Crippen LogP contribution >= 0.6 is 0 Å². The maximum atomic E-state index is 5.95. The van der Waals surface area contributed by atoms with E-state index in [1.165, 1.54) is 5.56 Å². The number of benzene rings is 2. The molecule has 1 aliphatic heterocycles. The first-order chi connectivity index (χ1) is 14.7. The van der Waals surface area contributed by atoms with E-state index in [-0.39, 0.29) is 0 Å². The topological polar surface area (TPSA) is 78.0 Å². The molecule has 0 unspecified atom stereocenters. The van der Waals surface area contributed by atoms with Gasteiger partial charge in [0.2, 0.25) is 11.8 Å². The van der Waals surface area contributed by atoms with Crippen LogP contribution in [-0.2, 0) is 19.5 Å². The standard InChI is InChI=1S/C24H25N5O/c1-16-13-20-18(14-25)9-5-11-21(20)29(16)24-27-22(19-10-6-12-30-23(19)28-24)26-15-17-7-3-2-4-8-17/h2-5,7-9,11,13H,6,10,12,14-15,25H2,1H3,(H,26,27,28). The molecule has 0 aliphatic carbocycles. The van der Waals surface area contributed by atoms with Gasteiger partial charge in [0.15, 0.2) is 0 Å². The van der Waals surface area contributed by atoms with Gasteiger partial charge in [-0.15, -0.1) is 0 Å². The van der Waals surface area contributed by atoms with E-state index >= 15 is 0 Å². The summed E-state index contributed by atoms with van der Waals surface area (Å²) in [6.07, 6.45) is 1.89. The van der Waals surface area contributed by atoms with E-state index in [1.807, 2.05) is 24.3 Å². The molecule has 1 aliphatic rings. The Labute approximate surface area is 175 Å². The second kappa shape index (κ2) is 7.80. The number of nitrogens with two attached hydrogens (primary N) is 1. The molecule has 4 aromatic rings. The number of rotatable bonds is 5. The lowest BCUT2D eigenvalue weighted by Crippen LogP contribution is -2.17. The summed E-state index contributed by atoms with van der Waals surface area (Å²) >= 11 is 0. The molecular formula is C24H25N5O. The molecule has 0 atom stereocenters. The maximum absolute atomic E-state index is 5.95. The first kappa shape index (κ1) is 18.6. The smallest absolute Gasteiger partial charge is 0.239 e. The number of hydrogen-bond donors (Lipinski definition) is 2. The molecule has 3 heterocycles. The van der Waals surface area contributed by atoms with Gasteiger partial charge in [0.1, 0.15) is 5.82 Å². The Hall–Kier alpha value is -3.38. The highest BCUT2D eigenvalue weighted by Crippen LogP contribution is 2.32. The number of fused-ring (bicyclic) bond motifs is 2. The van der Waals surface area contributed by atoms with Gasteiger partial charge in [-0.1, -0.05) is 42.5 Å². The Kier molecular flexibility index (Phi) is 4.85. The van der Waals surface area contributed by atoms with Crippen molar-refractivity contribution < 1.29 is 4.74 Å². The number of hydrogen-bond acceptors (Lipinski definition) is 5. The molecule has 2 aromatic heterocycles. The van der Waals surface area contributed by atoms with Gasteiger partial charge in [-0.2, -0.15) is 9.97 Å². The van der Waals surface area contributed by atoms with Crippen molar-refractivity contribution in [3.8, 4) is 11.8 Å². The fraction of sp³-hybridized carbons (Fsp3) is 0.250. The van der Waals surface area contributed by atoms with Gasteiger partial charge in [0.25, 0.3) is 0 Å². The Morgan fingerprint density at radius 1 is 1.10 bits per heavy atom. The van der Waals surface area contributed by atoms with Gasteiger partial charge >= 0.3 is 0 Å². The summed E-state index contributed by atoms with van der Waals surface area (Å²) in [4.78, 5) is 9.74. The van der Waals surface area contributed by atoms with E-state index in [1.54, 1.807) is 0 Å². The molecule has 0 saturated heterocycles. The molecular weight excluding hydrogens is 374 g/mol. The van der Waals surface area contributed by atoms with Gasteiger partial charge in [0.05, 0.1) is 17.7 Å². The second-order valence-electron chi connectivity index (χ2n) is 7.62. The Balaban J connectivity index is 1.61. The van der Waals surface area contributed by atoms with Crippen molar-refractivity contribution in [1.82, 2.24) is 14.5 Å². The summed E-state index contributed by atoms with van der Waals surface area (Å²) in [7, 11) is 0. The lowest BCUT2D eigenvalue weighted by molar-refractivity contribution is 0.275. The third-order valence-electron chi connectivity index (χ3n) is 5.61. The fourth-order valence-corrected chi connectivity index (χ4v) is 4.11. The van der Waals surface area contributed by atoms with E-state index in [9.17, 15) is 0 Å². The van der Waals surface area contributed by atoms with Crippen LogP contribution in [0.1, 0.15) is 28.8 Å². The minimum Gasteiger partial charge on any atom is -0.477 e. The van der Waals surface area contributed by atoms with Crippen molar-refractivity contribution in [2.75, 3.05) is 11.9 Å². The summed E-state index contributed by atoms with van der Waals surface area (Å²) in [5.41, 5.74) is 11.5. The Bertz CT molecular complexity index is 1200. The number of aryl methyl sites for hydroxylation is 1. The summed E-state index contributed by atoms with van der Waals surface area (Å²) in [5, 5.41) is 4.65. The molecule has 0 bridgehead atoms. The Morgan fingerprint density at radius 3 is 2.80 bits per heavy atom. The molecule has 6 nitrogen and oxygen atoms in total. The van der Waals surface area contributed by atoms with Gasteiger partial charge in [-0.3, -0.25) is 4.57 Å². The molecule has 0 spiro atoms. The van der Waals surface area contributed by atoms with Crippen LogP contribution < -0.4 is 15.8 Å². The predicted molar refractivity (Wildman–Crippen MR) is 119 cm³/mol. The van der Waals surface area contributed by atoms with E-state index in [4.69, 9.17) is 20.4 Å². The number of anilines is 1. The molecule has 152 valence electrons. The lowest BCUT2D eigenvalue weighted by Gasteiger charge is -2.21. The molecule has 0 fully saturated rings. The monoisotopic (exact) mass is 399 g/mol. The average Bonchev–Trinajstić information content (AvgIpc) is 3.13. The molecule has 30 heavy (non-hydrogen) atoms. The highest BCUT2D eigenvalue weighted by molar-refractivity contribution is 5.86. The van der Waals surface area contributed by atoms with Gasteiger partial charge in [-0.25, -0.2) is 0 Å². The minimum atomic E-state index is 0.499. The average molecular weight is 399 g/mol. The second-order valence-corrected chi connectivity index (χ2v) is 7.62. The fourth-order valence-electron chi connectivity index (χ4n) is 4.11. The van der Waals surface area contributed by atoms with Crippen molar-refractivity contribution in [1.29, 1.82) is 0 Å². The zero-order valence-electron chi connectivity index (χ0n) is 17.1. The van der Waals surface area contributed by atoms with Crippen molar-refractivity contribution in [3.05, 3.63) is 77.0 Å². The predicted octanol–water partition coefficient (Wildman–Crippen LogP) is 4.12. The zero-order valence-corrected chi connectivity index (χ0v) is 17.1. The number of aromatic nitrogens is 3. The van der Waals surface area contributed by atoms with Crippen molar-refractivity contribution in [3.63, 3.8) is 0 Å². The zero-order chi connectivity index (χ0) is 20.5. The van der Waals surface area contributed by atoms with Crippen molar-refractivity contribution in [2.45, 2.75) is 32.9 Å². The van der Waals surface area contributed by atoms with Gasteiger partial charge in [0, 0.05) is 24.2 Å².